The molecule has 2 aromatic rings. The first-order chi connectivity index (χ1) is 9.29. The average Bonchev–Trinajstić information content (AvgIpc) is 2.48. The summed E-state index contributed by atoms with van der Waals surface area (Å²) in [6, 6.07) is 12.5. The lowest BCUT2D eigenvalue weighted by Crippen LogP contribution is -2.22. The number of hydrogen-bond acceptors (Lipinski definition) is 3. The lowest BCUT2D eigenvalue weighted by Gasteiger charge is -2.10. The molecule has 100 valence electrons. The molecule has 0 amide bonds. The van der Waals surface area contributed by atoms with Gasteiger partial charge in [-0.2, -0.15) is 0 Å². The van der Waals surface area contributed by atoms with Crippen molar-refractivity contribution in [1.82, 2.24) is 10.3 Å². The standard InChI is InChI=1S/C16H20N2O/c1-13(12-19)9-18-10-14-4-2-5-15(8-14)16-6-3-7-17-11-16/h2-8,11,13,18-19H,9-10,12H2,1H3. The van der Waals surface area contributed by atoms with E-state index in [1.807, 2.05) is 19.2 Å². The third kappa shape index (κ3) is 4.16. The van der Waals surface area contributed by atoms with E-state index >= 15 is 0 Å². The summed E-state index contributed by atoms with van der Waals surface area (Å²) in [6.45, 7) is 3.90. The maximum atomic E-state index is 8.98. The fraction of sp³-hybridized carbons (Fsp3) is 0.312. The molecule has 1 unspecified atom stereocenters. The molecule has 0 aliphatic heterocycles. The molecule has 0 saturated carbocycles. The van der Waals surface area contributed by atoms with E-state index in [4.69, 9.17) is 5.11 Å². The van der Waals surface area contributed by atoms with Crippen LogP contribution in [0.2, 0.25) is 0 Å². The molecule has 3 heteroatoms. The smallest absolute Gasteiger partial charge is 0.0468 e. The first kappa shape index (κ1) is 13.7. The van der Waals surface area contributed by atoms with E-state index in [0.29, 0.717) is 5.92 Å². The highest BCUT2D eigenvalue weighted by Gasteiger charge is 2.01. The molecular formula is C16H20N2O. The number of benzene rings is 1. The highest BCUT2D eigenvalue weighted by Crippen LogP contribution is 2.19. The van der Waals surface area contributed by atoms with Crippen LogP contribution in [-0.2, 0) is 6.54 Å². The van der Waals surface area contributed by atoms with Gasteiger partial charge in [0, 0.05) is 32.1 Å². The molecule has 1 atom stereocenters. The Hall–Kier alpha value is -1.71. The highest BCUT2D eigenvalue weighted by molar-refractivity contribution is 5.62. The second-order valence-electron chi connectivity index (χ2n) is 4.86. The Morgan fingerprint density at radius 1 is 1.21 bits per heavy atom. The fourth-order valence-electron chi connectivity index (χ4n) is 1.92. The summed E-state index contributed by atoms with van der Waals surface area (Å²) in [5.41, 5.74) is 3.56. The van der Waals surface area contributed by atoms with Crippen molar-refractivity contribution in [2.45, 2.75) is 13.5 Å². The Kier molecular flexibility index (Phi) is 5.07. The van der Waals surface area contributed by atoms with Crippen LogP contribution in [0.25, 0.3) is 11.1 Å². The molecule has 0 aliphatic rings. The van der Waals surface area contributed by atoms with Crippen LogP contribution in [0.4, 0.5) is 0 Å². The van der Waals surface area contributed by atoms with Gasteiger partial charge in [0.2, 0.25) is 0 Å². The van der Waals surface area contributed by atoms with Crippen LogP contribution in [0.5, 0.6) is 0 Å². The number of pyridine rings is 1. The molecule has 2 rings (SSSR count). The summed E-state index contributed by atoms with van der Waals surface area (Å²) in [5, 5.41) is 12.3. The van der Waals surface area contributed by atoms with E-state index in [-0.39, 0.29) is 6.61 Å². The number of nitrogens with zero attached hydrogens (tertiary/aromatic N) is 1. The molecule has 1 heterocycles. The number of aliphatic hydroxyl groups is 1. The van der Waals surface area contributed by atoms with Crippen LogP contribution in [-0.4, -0.2) is 23.2 Å². The van der Waals surface area contributed by atoms with Crippen molar-refractivity contribution in [2.75, 3.05) is 13.2 Å². The van der Waals surface area contributed by atoms with Gasteiger partial charge in [-0.1, -0.05) is 31.2 Å². The normalized spacial score (nSPS) is 12.3. The van der Waals surface area contributed by atoms with E-state index in [2.05, 4.69) is 40.6 Å². The van der Waals surface area contributed by atoms with E-state index in [1.54, 1.807) is 6.20 Å². The van der Waals surface area contributed by atoms with Crippen LogP contribution in [0, 0.1) is 5.92 Å². The monoisotopic (exact) mass is 256 g/mol. The molecule has 1 aromatic carbocycles. The van der Waals surface area contributed by atoms with Crippen LogP contribution >= 0.6 is 0 Å². The minimum Gasteiger partial charge on any atom is -0.396 e. The van der Waals surface area contributed by atoms with Crippen molar-refractivity contribution in [2.24, 2.45) is 5.92 Å². The third-order valence-electron chi connectivity index (χ3n) is 3.06. The van der Waals surface area contributed by atoms with Gasteiger partial charge in [-0.3, -0.25) is 4.98 Å². The Morgan fingerprint density at radius 3 is 2.79 bits per heavy atom. The van der Waals surface area contributed by atoms with Gasteiger partial charge in [-0.05, 0) is 34.7 Å². The molecule has 2 N–H and O–H groups in total. The molecule has 0 spiro atoms. The van der Waals surface area contributed by atoms with Crippen LogP contribution in [0.1, 0.15) is 12.5 Å². The molecule has 0 aliphatic carbocycles. The van der Waals surface area contributed by atoms with Gasteiger partial charge >= 0.3 is 0 Å². The zero-order valence-corrected chi connectivity index (χ0v) is 11.2. The lowest BCUT2D eigenvalue weighted by molar-refractivity contribution is 0.233. The number of hydrogen-bond donors (Lipinski definition) is 2. The van der Waals surface area contributed by atoms with Crippen molar-refractivity contribution in [3.8, 4) is 11.1 Å². The lowest BCUT2D eigenvalue weighted by atomic mass is 10.0. The third-order valence-corrected chi connectivity index (χ3v) is 3.06. The van der Waals surface area contributed by atoms with Gasteiger partial charge in [-0.25, -0.2) is 0 Å². The van der Waals surface area contributed by atoms with Crippen LogP contribution in [0.3, 0.4) is 0 Å². The predicted molar refractivity (Wildman–Crippen MR) is 77.6 cm³/mol. The fourth-order valence-corrected chi connectivity index (χ4v) is 1.92. The molecule has 3 nitrogen and oxygen atoms in total. The van der Waals surface area contributed by atoms with Gasteiger partial charge in [0.25, 0.3) is 0 Å². The van der Waals surface area contributed by atoms with Crippen molar-refractivity contribution in [1.29, 1.82) is 0 Å². The minimum absolute atomic E-state index is 0.225. The second kappa shape index (κ2) is 7.02. The second-order valence-corrected chi connectivity index (χ2v) is 4.86. The van der Waals surface area contributed by atoms with E-state index in [0.717, 1.165) is 18.7 Å². The van der Waals surface area contributed by atoms with E-state index < -0.39 is 0 Å². The van der Waals surface area contributed by atoms with Gasteiger partial charge in [0.15, 0.2) is 0 Å². The average molecular weight is 256 g/mol. The molecule has 0 saturated heterocycles. The first-order valence-corrected chi connectivity index (χ1v) is 6.60. The van der Waals surface area contributed by atoms with Gasteiger partial charge in [0.1, 0.15) is 0 Å². The Labute approximate surface area is 114 Å². The summed E-state index contributed by atoms with van der Waals surface area (Å²) in [7, 11) is 0. The Bertz CT molecular complexity index is 499. The molecular weight excluding hydrogens is 236 g/mol. The molecule has 0 fully saturated rings. The van der Waals surface area contributed by atoms with Gasteiger partial charge < -0.3 is 10.4 Å². The largest absolute Gasteiger partial charge is 0.396 e. The Balaban J connectivity index is 2.00. The van der Waals surface area contributed by atoms with Crippen LogP contribution in [0.15, 0.2) is 48.8 Å². The molecule has 1 aromatic heterocycles. The van der Waals surface area contributed by atoms with Crippen molar-refractivity contribution in [3.05, 3.63) is 54.4 Å². The number of rotatable bonds is 6. The Morgan fingerprint density at radius 2 is 2.05 bits per heavy atom. The molecule has 0 bridgehead atoms. The summed E-state index contributed by atoms with van der Waals surface area (Å²) in [6.07, 6.45) is 3.66. The van der Waals surface area contributed by atoms with Gasteiger partial charge in [0.05, 0.1) is 0 Å². The number of aliphatic hydroxyl groups excluding tert-OH is 1. The number of aromatic nitrogens is 1. The highest BCUT2D eigenvalue weighted by atomic mass is 16.3. The molecule has 19 heavy (non-hydrogen) atoms. The zero-order valence-electron chi connectivity index (χ0n) is 11.2. The van der Waals surface area contributed by atoms with Crippen molar-refractivity contribution in [3.63, 3.8) is 0 Å². The quantitative estimate of drug-likeness (QED) is 0.834. The van der Waals surface area contributed by atoms with Crippen molar-refractivity contribution >= 4 is 0 Å². The predicted octanol–water partition coefficient (Wildman–Crippen LogP) is 2.47. The summed E-state index contributed by atoms with van der Waals surface area (Å²) in [4.78, 5) is 4.14. The molecule has 0 radical (unpaired) electrons. The minimum atomic E-state index is 0.225. The van der Waals surface area contributed by atoms with Crippen LogP contribution < -0.4 is 5.32 Å². The SMILES string of the molecule is CC(CO)CNCc1cccc(-c2cccnc2)c1. The van der Waals surface area contributed by atoms with E-state index in [9.17, 15) is 0 Å². The summed E-state index contributed by atoms with van der Waals surface area (Å²) >= 11 is 0. The topological polar surface area (TPSA) is 45.1 Å². The zero-order chi connectivity index (χ0) is 13.5. The maximum absolute atomic E-state index is 8.98. The van der Waals surface area contributed by atoms with Crippen molar-refractivity contribution < 1.29 is 5.11 Å². The summed E-state index contributed by atoms with van der Waals surface area (Å²) in [5.74, 6) is 0.293. The summed E-state index contributed by atoms with van der Waals surface area (Å²) < 4.78 is 0. The van der Waals surface area contributed by atoms with E-state index in [1.165, 1.54) is 11.1 Å². The van der Waals surface area contributed by atoms with Gasteiger partial charge in [-0.15, -0.1) is 0 Å². The first-order valence-electron chi connectivity index (χ1n) is 6.60. The maximum Gasteiger partial charge on any atom is 0.0468 e. The number of nitrogens with one attached hydrogen (secondary N) is 1.